The average molecular weight is 177 g/mol. The highest BCUT2D eigenvalue weighted by Crippen LogP contribution is 2.03. The molecule has 1 N–H and O–H groups in total. The topological polar surface area (TPSA) is 12.0 Å². The van der Waals surface area contributed by atoms with Gasteiger partial charge in [-0.1, -0.05) is 41.4 Å². The van der Waals surface area contributed by atoms with Gasteiger partial charge in [-0.3, -0.25) is 0 Å². The normalized spacial score (nSPS) is 9.83. The minimum atomic E-state index is -0.601. The molecule has 64 valence electrons. The molecule has 0 saturated heterocycles. The van der Waals surface area contributed by atoms with Gasteiger partial charge in [0.05, 0.1) is 0 Å². The zero-order valence-electron chi connectivity index (χ0n) is 7.88. The Morgan fingerprint density at radius 3 is 2.50 bits per heavy atom. The first-order valence-electron chi connectivity index (χ1n) is 4.54. The zero-order valence-corrected chi connectivity index (χ0v) is 9.03. The summed E-state index contributed by atoms with van der Waals surface area (Å²) in [6, 6.07) is 10.7. The molecule has 1 aromatic rings. The van der Waals surface area contributed by atoms with E-state index >= 15 is 0 Å². The van der Waals surface area contributed by atoms with Crippen LogP contribution in [0.1, 0.15) is 5.56 Å². The standard InChI is InChI=1S/C8H9.CH4N.CH3.Al/c1-2-8-6-4-3-5-7-8;1-2;;/h3-7H,1-2H2;2H,1H3;1H3;/q;-1;;+1. The molecule has 0 spiro atoms. The maximum Gasteiger partial charge on any atom is 0.366 e. The molecule has 0 amide bonds. The van der Waals surface area contributed by atoms with Gasteiger partial charge in [-0.2, -0.15) is 0 Å². The van der Waals surface area contributed by atoms with Crippen molar-refractivity contribution in [2.75, 3.05) is 7.05 Å². The second kappa shape index (κ2) is 5.37. The molecule has 0 atom stereocenters. The Morgan fingerprint density at radius 1 is 1.25 bits per heavy atom. The molecular formula is C10H16AlN. The number of hydrogen-bond acceptors (Lipinski definition) is 1. The first-order valence-corrected chi connectivity index (χ1v) is 7.09. The van der Waals surface area contributed by atoms with Gasteiger partial charge in [0, 0.05) is 0 Å². The molecule has 0 radical (unpaired) electrons. The van der Waals surface area contributed by atoms with Gasteiger partial charge in [0.25, 0.3) is 0 Å². The van der Waals surface area contributed by atoms with Gasteiger partial charge in [-0.25, -0.2) is 0 Å². The largest absolute Gasteiger partial charge is 0.401 e. The fourth-order valence-electron chi connectivity index (χ4n) is 1.17. The molecule has 12 heavy (non-hydrogen) atoms. The highest BCUT2D eigenvalue weighted by Gasteiger charge is 2.06. The zero-order chi connectivity index (χ0) is 8.81. The molecule has 1 rings (SSSR count). The van der Waals surface area contributed by atoms with Crippen molar-refractivity contribution in [2.24, 2.45) is 0 Å². The van der Waals surface area contributed by atoms with Crippen LogP contribution in [0.25, 0.3) is 0 Å². The van der Waals surface area contributed by atoms with Crippen LogP contribution in [0.4, 0.5) is 0 Å². The molecule has 0 aliphatic rings. The molecule has 1 aromatic carbocycles. The molecule has 0 aromatic heterocycles. The quantitative estimate of drug-likeness (QED) is 0.694. The van der Waals surface area contributed by atoms with Crippen LogP contribution >= 0.6 is 0 Å². The van der Waals surface area contributed by atoms with E-state index in [-0.39, 0.29) is 0 Å². The summed E-state index contributed by atoms with van der Waals surface area (Å²) in [4.78, 5) is 0. The predicted octanol–water partition coefficient (Wildman–Crippen LogP) is 2.07. The van der Waals surface area contributed by atoms with Crippen molar-refractivity contribution in [1.29, 1.82) is 0 Å². The highest BCUT2D eigenvalue weighted by atomic mass is 27.2. The van der Waals surface area contributed by atoms with Crippen molar-refractivity contribution >= 4 is 14.4 Å². The number of rotatable bonds is 4. The summed E-state index contributed by atoms with van der Waals surface area (Å²) in [5, 5.41) is 1.35. The van der Waals surface area contributed by atoms with Gasteiger partial charge in [0.2, 0.25) is 0 Å². The third-order valence-electron chi connectivity index (χ3n) is 2.20. The van der Waals surface area contributed by atoms with Crippen LogP contribution in [0.2, 0.25) is 11.1 Å². The lowest BCUT2D eigenvalue weighted by atomic mass is 10.2. The third-order valence-corrected chi connectivity index (χ3v) is 4.34. The highest BCUT2D eigenvalue weighted by molar-refractivity contribution is 6.54. The van der Waals surface area contributed by atoms with Gasteiger partial charge in [0.15, 0.2) is 0 Å². The maximum atomic E-state index is 3.37. The van der Waals surface area contributed by atoms with Crippen molar-refractivity contribution in [1.82, 2.24) is 4.30 Å². The molecule has 0 heterocycles. The molecule has 0 saturated carbocycles. The lowest BCUT2D eigenvalue weighted by Gasteiger charge is -2.03. The summed E-state index contributed by atoms with van der Waals surface area (Å²) >= 11 is -0.601. The Kier molecular flexibility index (Phi) is 4.39. The summed E-state index contributed by atoms with van der Waals surface area (Å²) in [5.74, 6) is 2.35. The van der Waals surface area contributed by atoms with E-state index in [9.17, 15) is 0 Å². The van der Waals surface area contributed by atoms with Crippen LogP contribution in [0, 0.1) is 0 Å². The van der Waals surface area contributed by atoms with Gasteiger partial charge < -0.3 is 4.30 Å². The number of nitrogens with one attached hydrogen (secondary N) is 1. The number of hydrogen-bond donors (Lipinski definition) is 1. The van der Waals surface area contributed by atoms with E-state index in [1.165, 1.54) is 17.3 Å². The minimum absolute atomic E-state index is 0.601. The molecule has 2 heteroatoms. The fraction of sp³-hybridized carbons (Fsp3) is 0.400. The fourth-order valence-corrected chi connectivity index (χ4v) is 2.23. The smallest absolute Gasteiger partial charge is 0.366 e. The van der Waals surface area contributed by atoms with Crippen LogP contribution in [0.15, 0.2) is 30.3 Å². The van der Waals surface area contributed by atoms with Crippen LogP contribution in [-0.4, -0.2) is 21.4 Å². The van der Waals surface area contributed by atoms with Crippen LogP contribution in [-0.2, 0) is 6.42 Å². The lowest BCUT2D eigenvalue weighted by molar-refractivity contribution is 1.06. The Labute approximate surface area is 79.4 Å². The SMILES string of the molecule is C[NH][Al]([CH3])[CH2]Cc1ccccc1. The number of aryl methyl sites for hydroxylation is 1. The molecule has 0 bridgehead atoms. The molecule has 0 unspecified atom stereocenters. The van der Waals surface area contributed by atoms with E-state index in [1.807, 2.05) is 0 Å². The second-order valence-corrected chi connectivity index (χ2v) is 6.17. The number of benzene rings is 1. The van der Waals surface area contributed by atoms with E-state index in [0.717, 1.165) is 0 Å². The van der Waals surface area contributed by atoms with Gasteiger partial charge in [-0.15, -0.1) is 0 Å². The minimum Gasteiger partial charge on any atom is -0.401 e. The Morgan fingerprint density at radius 2 is 1.92 bits per heavy atom. The summed E-state index contributed by atoms with van der Waals surface area (Å²) in [5.41, 5.74) is 1.46. The van der Waals surface area contributed by atoms with E-state index in [0.29, 0.717) is 0 Å². The molecule has 0 aliphatic heterocycles. The summed E-state index contributed by atoms with van der Waals surface area (Å²) in [7, 11) is 2.07. The van der Waals surface area contributed by atoms with Crippen molar-refractivity contribution < 1.29 is 0 Å². The molecular weight excluding hydrogens is 161 g/mol. The van der Waals surface area contributed by atoms with E-state index in [2.05, 4.69) is 47.5 Å². The van der Waals surface area contributed by atoms with Gasteiger partial charge >= 0.3 is 14.4 Å². The second-order valence-electron chi connectivity index (χ2n) is 3.21. The maximum absolute atomic E-state index is 3.37. The first-order chi connectivity index (χ1) is 5.83. The van der Waals surface area contributed by atoms with Gasteiger partial charge in [-0.05, 0) is 19.0 Å². The van der Waals surface area contributed by atoms with Crippen LogP contribution in [0.5, 0.6) is 0 Å². The van der Waals surface area contributed by atoms with Crippen molar-refractivity contribution in [3.05, 3.63) is 35.9 Å². The monoisotopic (exact) mass is 177 g/mol. The molecule has 1 nitrogen and oxygen atoms in total. The van der Waals surface area contributed by atoms with E-state index in [4.69, 9.17) is 0 Å². The Bertz CT molecular complexity index is 210. The first kappa shape index (κ1) is 9.80. The van der Waals surface area contributed by atoms with Crippen molar-refractivity contribution in [2.45, 2.75) is 17.5 Å². The summed E-state index contributed by atoms with van der Waals surface area (Å²) < 4.78 is 3.37. The molecule has 0 aliphatic carbocycles. The van der Waals surface area contributed by atoms with Crippen LogP contribution < -0.4 is 4.30 Å². The lowest BCUT2D eigenvalue weighted by Crippen LogP contribution is -2.26. The predicted molar refractivity (Wildman–Crippen MR) is 55.6 cm³/mol. The van der Waals surface area contributed by atoms with Crippen LogP contribution in [0.3, 0.4) is 0 Å². The summed E-state index contributed by atoms with van der Waals surface area (Å²) in [6.07, 6.45) is 1.23. The Balaban J connectivity index is 2.33. The average Bonchev–Trinajstić information content (AvgIpc) is 2.16. The van der Waals surface area contributed by atoms with E-state index in [1.54, 1.807) is 0 Å². The van der Waals surface area contributed by atoms with Gasteiger partial charge in [0.1, 0.15) is 0 Å². The molecule has 0 fully saturated rings. The summed E-state index contributed by atoms with van der Waals surface area (Å²) in [6.45, 7) is 0. The van der Waals surface area contributed by atoms with E-state index < -0.39 is 14.4 Å². The van der Waals surface area contributed by atoms with Crippen molar-refractivity contribution in [3.8, 4) is 0 Å². The Hall–Kier alpha value is -0.288. The van der Waals surface area contributed by atoms with Crippen molar-refractivity contribution in [3.63, 3.8) is 0 Å². The third kappa shape index (κ3) is 3.41.